The smallest absolute Gasteiger partial charge is 0.255 e. The summed E-state index contributed by atoms with van der Waals surface area (Å²) in [5.41, 5.74) is 2.97. The molecule has 2 aromatic carbocycles. The Kier molecular flexibility index (Phi) is 6.71. The fraction of sp³-hybridized carbons (Fsp3) is 0.300. The van der Waals surface area contributed by atoms with Crippen molar-refractivity contribution in [1.82, 2.24) is 5.32 Å². The summed E-state index contributed by atoms with van der Waals surface area (Å²) in [4.78, 5) is 24.4. The van der Waals surface area contributed by atoms with E-state index in [0.717, 1.165) is 18.5 Å². The number of benzene rings is 2. The minimum absolute atomic E-state index is 0.0547. The van der Waals surface area contributed by atoms with Crippen LogP contribution in [0.15, 0.2) is 48.5 Å². The molecule has 0 radical (unpaired) electrons. The van der Waals surface area contributed by atoms with Crippen LogP contribution in [0.4, 0.5) is 11.4 Å². The van der Waals surface area contributed by atoms with Crippen LogP contribution in [0, 0.1) is 5.92 Å². The van der Waals surface area contributed by atoms with Crippen LogP contribution in [0.1, 0.15) is 29.8 Å². The second-order valence-electron chi connectivity index (χ2n) is 6.19. The SMILES string of the molecule is CNCCc1ccccc1C(=O)Nc1cccc(NC(=O)C(C)C)c1. The minimum atomic E-state index is -0.154. The summed E-state index contributed by atoms with van der Waals surface area (Å²) < 4.78 is 0. The third kappa shape index (κ3) is 5.43. The van der Waals surface area contributed by atoms with Crippen molar-refractivity contribution in [3.05, 3.63) is 59.7 Å². The first-order valence-electron chi connectivity index (χ1n) is 8.46. The fourth-order valence-electron chi connectivity index (χ4n) is 2.38. The number of amides is 2. The molecule has 0 saturated heterocycles. The zero-order valence-corrected chi connectivity index (χ0v) is 14.9. The zero-order chi connectivity index (χ0) is 18.2. The van der Waals surface area contributed by atoms with Crippen LogP contribution in [0.25, 0.3) is 0 Å². The van der Waals surface area contributed by atoms with Crippen molar-refractivity contribution < 1.29 is 9.59 Å². The van der Waals surface area contributed by atoms with E-state index in [2.05, 4.69) is 16.0 Å². The maximum Gasteiger partial charge on any atom is 0.255 e. The lowest BCUT2D eigenvalue weighted by molar-refractivity contribution is -0.118. The number of rotatable bonds is 7. The van der Waals surface area contributed by atoms with E-state index in [-0.39, 0.29) is 17.7 Å². The molecular weight excluding hydrogens is 314 g/mol. The number of likely N-dealkylation sites (N-methyl/N-ethyl adjacent to an activating group) is 1. The average molecular weight is 339 g/mol. The second-order valence-corrected chi connectivity index (χ2v) is 6.19. The number of anilines is 2. The molecule has 0 saturated carbocycles. The van der Waals surface area contributed by atoms with Crippen LogP contribution in [0.3, 0.4) is 0 Å². The Hall–Kier alpha value is -2.66. The molecule has 0 fully saturated rings. The third-order valence-corrected chi connectivity index (χ3v) is 3.82. The lowest BCUT2D eigenvalue weighted by Gasteiger charge is -2.12. The molecule has 0 heterocycles. The van der Waals surface area contributed by atoms with E-state index in [1.54, 1.807) is 24.3 Å². The third-order valence-electron chi connectivity index (χ3n) is 3.82. The van der Waals surface area contributed by atoms with Gasteiger partial charge in [0, 0.05) is 22.9 Å². The summed E-state index contributed by atoms with van der Waals surface area (Å²) in [5.74, 6) is -0.308. The lowest BCUT2D eigenvalue weighted by Crippen LogP contribution is -2.19. The van der Waals surface area contributed by atoms with Crippen molar-refractivity contribution in [3.8, 4) is 0 Å². The Balaban J connectivity index is 2.12. The van der Waals surface area contributed by atoms with Crippen LogP contribution in [-0.2, 0) is 11.2 Å². The van der Waals surface area contributed by atoms with E-state index in [4.69, 9.17) is 0 Å². The Morgan fingerprint density at radius 3 is 2.32 bits per heavy atom. The maximum atomic E-state index is 12.6. The predicted molar refractivity (Wildman–Crippen MR) is 102 cm³/mol. The molecule has 0 unspecified atom stereocenters. The van der Waals surface area contributed by atoms with Crippen LogP contribution in [-0.4, -0.2) is 25.4 Å². The number of nitrogens with one attached hydrogen (secondary N) is 3. The highest BCUT2D eigenvalue weighted by Gasteiger charge is 2.12. The van der Waals surface area contributed by atoms with Gasteiger partial charge < -0.3 is 16.0 Å². The maximum absolute atomic E-state index is 12.6. The molecule has 2 aromatic rings. The van der Waals surface area contributed by atoms with Crippen LogP contribution < -0.4 is 16.0 Å². The van der Waals surface area contributed by atoms with Crippen LogP contribution in [0.5, 0.6) is 0 Å². The highest BCUT2D eigenvalue weighted by atomic mass is 16.2. The predicted octanol–water partition coefficient (Wildman–Crippen LogP) is 3.30. The Morgan fingerprint density at radius 1 is 0.960 bits per heavy atom. The molecule has 0 aromatic heterocycles. The van der Waals surface area contributed by atoms with E-state index in [9.17, 15) is 9.59 Å². The van der Waals surface area contributed by atoms with Gasteiger partial charge in [-0.15, -0.1) is 0 Å². The van der Waals surface area contributed by atoms with E-state index < -0.39 is 0 Å². The van der Waals surface area contributed by atoms with Crippen molar-refractivity contribution in [1.29, 1.82) is 0 Å². The molecule has 0 aliphatic carbocycles. The molecule has 132 valence electrons. The number of hydrogen-bond acceptors (Lipinski definition) is 3. The molecule has 2 rings (SSSR count). The van der Waals surface area contributed by atoms with Crippen molar-refractivity contribution in [2.75, 3.05) is 24.2 Å². The molecule has 0 aliphatic heterocycles. The number of carbonyl (C=O) groups is 2. The molecule has 25 heavy (non-hydrogen) atoms. The first-order valence-corrected chi connectivity index (χ1v) is 8.46. The lowest BCUT2D eigenvalue weighted by atomic mass is 10.0. The van der Waals surface area contributed by atoms with Gasteiger partial charge in [-0.25, -0.2) is 0 Å². The molecule has 0 atom stereocenters. The highest BCUT2D eigenvalue weighted by Crippen LogP contribution is 2.18. The van der Waals surface area contributed by atoms with Gasteiger partial charge in [-0.1, -0.05) is 38.1 Å². The van der Waals surface area contributed by atoms with E-state index in [1.165, 1.54) is 0 Å². The normalized spacial score (nSPS) is 10.6. The van der Waals surface area contributed by atoms with Crippen molar-refractivity contribution in [2.24, 2.45) is 5.92 Å². The average Bonchev–Trinajstić information content (AvgIpc) is 2.60. The molecule has 3 N–H and O–H groups in total. The van der Waals surface area contributed by atoms with Gasteiger partial charge in [0.1, 0.15) is 0 Å². The summed E-state index contributed by atoms with van der Waals surface area (Å²) in [7, 11) is 1.89. The first kappa shape index (κ1) is 18.7. The van der Waals surface area contributed by atoms with Gasteiger partial charge in [0.15, 0.2) is 0 Å². The van der Waals surface area contributed by atoms with Gasteiger partial charge >= 0.3 is 0 Å². The summed E-state index contributed by atoms with van der Waals surface area (Å²) in [5, 5.41) is 8.84. The topological polar surface area (TPSA) is 70.2 Å². The van der Waals surface area contributed by atoms with Gasteiger partial charge in [0.25, 0.3) is 5.91 Å². The van der Waals surface area contributed by atoms with Crippen molar-refractivity contribution in [3.63, 3.8) is 0 Å². The van der Waals surface area contributed by atoms with Gasteiger partial charge in [-0.05, 0) is 49.8 Å². The summed E-state index contributed by atoms with van der Waals surface area (Å²) in [6.07, 6.45) is 0.782. The van der Waals surface area contributed by atoms with E-state index in [1.807, 2.05) is 45.2 Å². The summed E-state index contributed by atoms with van der Waals surface area (Å²) in [6, 6.07) is 14.7. The molecule has 5 heteroatoms. The fourth-order valence-corrected chi connectivity index (χ4v) is 2.38. The Bertz CT molecular complexity index is 741. The Labute approximate surface area is 148 Å². The van der Waals surface area contributed by atoms with Gasteiger partial charge in [-0.3, -0.25) is 9.59 Å². The highest BCUT2D eigenvalue weighted by molar-refractivity contribution is 6.05. The van der Waals surface area contributed by atoms with Crippen molar-refractivity contribution in [2.45, 2.75) is 20.3 Å². The molecule has 2 amide bonds. The van der Waals surface area contributed by atoms with E-state index in [0.29, 0.717) is 16.9 Å². The van der Waals surface area contributed by atoms with Gasteiger partial charge in [0.05, 0.1) is 0 Å². The van der Waals surface area contributed by atoms with E-state index >= 15 is 0 Å². The largest absolute Gasteiger partial charge is 0.326 e. The van der Waals surface area contributed by atoms with Gasteiger partial charge in [-0.2, -0.15) is 0 Å². The quantitative estimate of drug-likeness (QED) is 0.725. The second kappa shape index (κ2) is 8.99. The standard InChI is InChI=1S/C20H25N3O2/c1-14(2)19(24)22-16-8-6-9-17(13-16)23-20(25)18-10-5-4-7-15(18)11-12-21-3/h4-10,13-14,21H,11-12H2,1-3H3,(H,22,24)(H,23,25). The molecule has 5 nitrogen and oxygen atoms in total. The number of carbonyl (C=O) groups excluding carboxylic acids is 2. The molecule has 0 spiro atoms. The van der Waals surface area contributed by atoms with Crippen molar-refractivity contribution >= 4 is 23.2 Å². The first-order chi connectivity index (χ1) is 12.0. The van der Waals surface area contributed by atoms with Crippen LogP contribution >= 0.6 is 0 Å². The number of hydrogen-bond donors (Lipinski definition) is 3. The zero-order valence-electron chi connectivity index (χ0n) is 14.9. The summed E-state index contributed by atoms with van der Waals surface area (Å²) >= 11 is 0. The minimum Gasteiger partial charge on any atom is -0.326 e. The monoisotopic (exact) mass is 339 g/mol. The molecule has 0 aliphatic rings. The van der Waals surface area contributed by atoms with Gasteiger partial charge in [0.2, 0.25) is 5.91 Å². The Morgan fingerprint density at radius 2 is 1.64 bits per heavy atom. The molecular formula is C20H25N3O2. The van der Waals surface area contributed by atoms with Crippen LogP contribution in [0.2, 0.25) is 0 Å². The molecule has 0 bridgehead atoms. The summed E-state index contributed by atoms with van der Waals surface area (Å²) in [6.45, 7) is 4.48.